The Hall–Kier alpha value is -2.02. The monoisotopic (exact) mass is 442 g/mol. The van der Waals surface area contributed by atoms with Crippen molar-refractivity contribution >= 4 is 17.7 Å². The molecule has 6 heteroatoms. The fourth-order valence-corrected chi connectivity index (χ4v) is 5.51. The first-order valence-corrected chi connectivity index (χ1v) is 12.0. The third-order valence-electron chi connectivity index (χ3n) is 6.21. The van der Waals surface area contributed by atoms with Crippen LogP contribution in [-0.2, 0) is 4.84 Å². The van der Waals surface area contributed by atoms with Crippen molar-refractivity contribution in [3.63, 3.8) is 0 Å². The molecule has 2 atom stereocenters. The number of unbranched alkanes of at least 4 members (excludes halogenated alkanes) is 1. The largest absolute Gasteiger partial charge is 0.496 e. The first kappa shape index (κ1) is 23.6. The van der Waals surface area contributed by atoms with E-state index in [1.54, 1.807) is 14.2 Å². The van der Waals surface area contributed by atoms with Crippen LogP contribution in [0.25, 0.3) is 0 Å². The molecule has 0 aliphatic carbocycles. The predicted octanol–water partition coefficient (Wildman–Crippen LogP) is 5.45. The Morgan fingerprint density at radius 2 is 1.97 bits per heavy atom. The van der Waals surface area contributed by atoms with Gasteiger partial charge in [0.05, 0.1) is 25.8 Å². The summed E-state index contributed by atoms with van der Waals surface area (Å²) in [6.45, 7) is 4.51. The van der Waals surface area contributed by atoms with Gasteiger partial charge in [-0.1, -0.05) is 57.0 Å². The van der Waals surface area contributed by atoms with Crippen LogP contribution in [0, 0.1) is 0 Å². The van der Waals surface area contributed by atoms with Crippen LogP contribution in [0.4, 0.5) is 0 Å². The van der Waals surface area contributed by atoms with Crippen molar-refractivity contribution in [2.45, 2.75) is 56.0 Å². The van der Waals surface area contributed by atoms with Crippen LogP contribution in [0.5, 0.6) is 5.75 Å². The van der Waals surface area contributed by atoms with E-state index in [1.165, 1.54) is 30.6 Å². The highest BCUT2D eigenvalue weighted by molar-refractivity contribution is 7.99. The van der Waals surface area contributed by atoms with Crippen molar-refractivity contribution in [2.75, 3.05) is 27.0 Å². The number of fused-ring (bicyclic) bond motifs is 1. The number of nitrogens with zero attached hydrogens (tertiary/aromatic N) is 1. The lowest BCUT2D eigenvalue weighted by atomic mass is 9.88. The number of benzene rings is 2. The van der Waals surface area contributed by atoms with Crippen molar-refractivity contribution in [1.29, 1.82) is 0 Å². The molecule has 0 unspecified atom stereocenters. The number of hydroxylamine groups is 2. The number of hydrogen-bond acceptors (Lipinski definition) is 5. The minimum absolute atomic E-state index is 0.0287. The van der Waals surface area contributed by atoms with Gasteiger partial charge < -0.3 is 4.74 Å². The predicted molar refractivity (Wildman–Crippen MR) is 127 cm³/mol. The number of thioether (sulfide) groups is 1. The number of methoxy groups -OCH3 is 1. The molecule has 0 saturated heterocycles. The van der Waals surface area contributed by atoms with Gasteiger partial charge in [-0.15, -0.1) is 11.8 Å². The van der Waals surface area contributed by atoms with Gasteiger partial charge in [0, 0.05) is 23.2 Å². The van der Waals surface area contributed by atoms with E-state index in [4.69, 9.17) is 9.57 Å². The molecule has 0 aromatic heterocycles. The lowest BCUT2D eigenvalue weighted by molar-refractivity contribution is -0.0758. The quantitative estimate of drug-likeness (QED) is 0.551. The molecule has 168 valence electrons. The number of nitrogens with one attached hydrogen (secondary N) is 1. The summed E-state index contributed by atoms with van der Waals surface area (Å²) in [5.41, 5.74) is 2.91. The number of hydrogen-bond donors (Lipinski definition) is 1. The second-order valence-corrected chi connectivity index (χ2v) is 9.11. The van der Waals surface area contributed by atoms with Crippen LogP contribution < -0.4 is 10.1 Å². The summed E-state index contributed by atoms with van der Waals surface area (Å²) in [6, 6.07) is 14.6. The van der Waals surface area contributed by atoms with E-state index < -0.39 is 0 Å². The number of rotatable bonds is 8. The average molecular weight is 443 g/mol. The second-order valence-electron chi connectivity index (χ2n) is 8.09. The summed E-state index contributed by atoms with van der Waals surface area (Å²) < 4.78 is 5.66. The van der Waals surface area contributed by atoms with Crippen LogP contribution in [-0.4, -0.2) is 43.5 Å². The van der Waals surface area contributed by atoms with Crippen LogP contribution in [0.3, 0.4) is 0 Å². The number of carbonyl (C=O) groups excluding carboxylic acids is 1. The minimum Gasteiger partial charge on any atom is -0.496 e. The van der Waals surface area contributed by atoms with Gasteiger partial charge in [-0.25, -0.2) is 5.06 Å². The summed E-state index contributed by atoms with van der Waals surface area (Å²) in [5, 5.41) is 5.26. The van der Waals surface area contributed by atoms with E-state index in [9.17, 15) is 4.79 Å². The molecule has 31 heavy (non-hydrogen) atoms. The van der Waals surface area contributed by atoms with Crippen LogP contribution in [0.15, 0.2) is 47.4 Å². The third-order valence-corrected chi connectivity index (χ3v) is 7.57. The Morgan fingerprint density at radius 1 is 1.23 bits per heavy atom. The van der Waals surface area contributed by atoms with E-state index in [2.05, 4.69) is 43.4 Å². The standard InChI is InChI=1S/C25H34N2O3S/c1-6-8-14-25(7-2)17-31-22-16-19(24(28)27(3)30-5)21(29-4)15-20(22)23(26-25)18-12-10-9-11-13-18/h9-13,15-16,23,26H,6-8,14,17H2,1-5H3/t23-,25-/m1/s1. The smallest absolute Gasteiger partial charge is 0.280 e. The van der Waals surface area contributed by atoms with Gasteiger partial charge in [0.25, 0.3) is 5.91 Å². The fraction of sp³-hybridized carbons (Fsp3) is 0.480. The van der Waals surface area contributed by atoms with Crippen LogP contribution in [0.2, 0.25) is 0 Å². The van der Waals surface area contributed by atoms with Gasteiger partial charge in [0.2, 0.25) is 0 Å². The molecule has 1 N–H and O–H groups in total. The third kappa shape index (κ3) is 5.08. The molecule has 5 nitrogen and oxygen atoms in total. The van der Waals surface area contributed by atoms with E-state index in [0.29, 0.717) is 11.3 Å². The highest BCUT2D eigenvalue weighted by Crippen LogP contribution is 2.43. The summed E-state index contributed by atoms with van der Waals surface area (Å²) in [4.78, 5) is 19.1. The summed E-state index contributed by atoms with van der Waals surface area (Å²) in [6.07, 6.45) is 4.53. The van der Waals surface area contributed by atoms with Crippen molar-refractivity contribution < 1.29 is 14.4 Å². The van der Waals surface area contributed by atoms with Gasteiger partial charge in [-0.05, 0) is 36.1 Å². The zero-order chi connectivity index (χ0) is 22.4. The zero-order valence-electron chi connectivity index (χ0n) is 19.2. The van der Waals surface area contributed by atoms with Crippen molar-refractivity contribution in [2.24, 2.45) is 0 Å². The molecule has 0 fully saturated rings. The van der Waals surface area contributed by atoms with E-state index in [0.717, 1.165) is 29.1 Å². The molecule has 0 spiro atoms. The maximum atomic E-state index is 12.9. The molecule has 2 aromatic carbocycles. The topological polar surface area (TPSA) is 50.8 Å². The number of carbonyl (C=O) groups is 1. The first-order chi connectivity index (χ1) is 15.0. The Labute approximate surface area is 190 Å². The van der Waals surface area contributed by atoms with Crippen molar-refractivity contribution in [3.8, 4) is 5.75 Å². The lowest BCUT2D eigenvalue weighted by Crippen LogP contribution is -2.48. The van der Waals surface area contributed by atoms with Gasteiger partial charge in [-0.2, -0.15) is 0 Å². The molecule has 2 aromatic rings. The molecule has 1 heterocycles. The first-order valence-electron chi connectivity index (χ1n) is 11.0. The molecular weight excluding hydrogens is 408 g/mol. The van der Waals surface area contributed by atoms with Gasteiger partial charge >= 0.3 is 0 Å². The van der Waals surface area contributed by atoms with Gasteiger partial charge in [0.1, 0.15) is 5.75 Å². The number of ether oxygens (including phenoxy) is 1. The Balaban J connectivity index is 2.14. The SMILES string of the molecule is CCCC[C@]1(CC)CSc2cc(C(=O)N(C)OC)c(OC)cc2[C@@H](c2ccccc2)N1. The van der Waals surface area contributed by atoms with Gasteiger partial charge in [0.15, 0.2) is 0 Å². The zero-order valence-corrected chi connectivity index (χ0v) is 20.1. The summed E-state index contributed by atoms with van der Waals surface area (Å²) in [7, 11) is 4.71. The minimum atomic E-state index is -0.219. The molecule has 0 bridgehead atoms. The Kier molecular flexibility index (Phi) is 8.03. The van der Waals surface area contributed by atoms with Crippen molar-refractivity contribution in [3.05, 3.63) is 59.2 Å². The van der Waals surface area contributed by atoms with E-state index >= 15 is 0 Å². The molecule has 0 radical (unpaired) electrons. The van der Waals surface area contributed by atoms with E-state index in [-0.39, 0.29) is 17.5 Å². The highest BCUT2D eigenvalue weighted by Gasteiger charge is 2.36. The average Bonchev–Trinajstić information content (AvgIpc) is 2.98. The molecular formula is C25H34N2O3S. The Morgan fingerprint density at radius 3 is 2.58 bits per heavy atom. The second kappa shape index (κ2) is 10.5. The molecule has 1 amide bonds. The molecule has 1 aliphatic rings. The normalized spacial score (nSPS) is 20.6. The lowest BCUT2D eigenvalue weighted by Gasteiger charge is -2.36. The van der Waals surface area contributed by atoms with Gasteiger partial charge in [-0.3, -0.25) is 14.9 Å². The molecule has 0 saturated carbocycles. The fourth-order valence-electron chi connectivity index (χ4n) is 4.11. The number of amides is 1. The van der Waals surface area contributed by atoms with E-state index in [1.807, 2.05) is 30.0 Å². The maximum absolute atomic E-state index is 12.9. The van der Waals surface area contributed by atoms with Crippen molar-refractivity contribution in [1.82, 2.24) is 10.4 Å². The highest BCUT2D eigenvalue weighted by atomic mass is 32.2. The maximum Gasteiger partial charge on any atom is 0.280 e. The molecule has 3 rings (SSSR count). The summed E-state index contributed by atoms with van der Waals surface area (Å²) in [5.74, 6) is 1.30. The van der Waals surface area contributed by atoms with Crippen LogP contribution >= 0.6 is 11.8 Å². The summed E-state index contributed by atoms with van der Waals surface area (Å²) >= 11 is 1.83. The van der Waals surface area contributed by atoms with Crippen LogP contribution in [0.1, 0.15) is 67.1 Å². The molecule has 1 aliphatic heterocycles. The Bertz CT molecular complexity index is 890.